The number of hydrogen-bond acceptors (Lipinski definition) is 6. The van der Waals surface area contributed by atoms with Gasteiger partial charge >= 0.3 is 5.97 Å². The molecule has 2 heterocycles. The quantitative estimate of drug-likeness (QED) is 0.577. The van der Waals surface area contributed by atoms with Crippen molar-refractivity contribution in [1.29, 1.82) is 0 Å². The highest BCUT2D eigenvalue weighted by Gasteiger charge is 2.29. The van der Waals surface area contributed by atoms with E-state index < -0.39 is 34.2 Å². The van der Waals surface area contributed by atoms with E-state index in [0.717, 1.165) is 19.2 Å². The number of rotatable bonds is 6. The third-order valence-electron chi connectivity index (χ3n) is 4.04. The Morgan fingerprint density at radius 3 is 2.57 bits per heavy atom. The minimum absolute atomic E-state index is 0.178. The van der Waals surface area contributed by atoms with Gasteiger partial charge in [-0.1, -0.05) is 6.92 Å². The molecule has 3 aromatic rings. The Morgan fingerprint density at radius 2 is 1.93 bits per heavy atom. The normalized spacial score (nSPS) is 11.6. The van der Waals surface area contributed by atoms with Gasteiger partial charge < -0.3 is 4.74 Å². The first-order valence-corrected chi connectivity index (χ1v) is 9.60. The van der Waals surface area contributed by atoms with Gasteiger partial charge in [-0.25, -0.2) is 17.2 Å². The summed E-state index contributed by atoms with van der Waals surface area (Å²) >= 11 is 0. The van der Waals surface area contributed by atoms with Crippen molar-refractivity contribution in [2.75, 3.05) is 18.0 Å². The first-order valence-electron chi connectivity index (χ1n) is 8.16. The minimum atomic E-state index is -4.32. The lowest BCUT2D eigenvalue weighted by molar-refractivity contribution is -0.138. The second-order valence-corrected chi connectivity index (χ2v) is 7.61. The number of carbonyl (C=O) groups is 1. The molecule has 8 nitrogen and oxygen atoms in total. The molecular formula is C17H16F2N4O4S. The largest absolute Gasteiger partial charge is 0.468 e. The van der Waals surface area contributed by atoms with E-state index in [9.17, 15) is 22.0 Å². The molecule has 0 atom stereocenters. The molecule has 0 bridgehead atoms. The van der Waals surface area contributed by atoms with Crippen LogP contribution in [0.2, 0.25) is 0 Å². The highest BCUT2D eigenvalue weighted by molar-refractivity contribution is 7.92. The Hall–Kier alpha value is -3.08. The van der Waals surface area contributed by atoms with E-state index in [-0.39, 0.29) is 10.6 Å². The van der Waals surface area contributed by atoms with Crippen LogP contribution in [0.4, 0.5) is 14.5 Å². The molecule has 0 aliphatic rings. The van der Waals surface area contributed by atoms with Crippen LogP contribution in [0.15, 0.2) is 41.4 Å². The first kappa shape index (κ1) is 19.7. The number of aromatic nitrogens is 3. The molecule has 0 N–H and O–H groups in total. The van der Waals surface area contributed by atoms with Crippen LogP contribution in [0.1, 0.15) is 12.7 Å². The second kappa shape index (κ2) is 7.50. The lowest BCUT2D eigenvalue weighted by Gasteiger charge is -2.23. The average molecular weight is 410 g/mol. The summed E-state index contributed by atoms with van der Waals surface area (Å²) in [6, 6.07) is 5.30. The Kier molecular flexibility index (Phi) is 5.27. The molecular weight excluding hydrogens is 394 g/mol. The number of sulfonamides is 1. The monoisotopic (exact) mass is 410 g/mol. The summed E-state index contributed by atoms with van der Waals surface area (Å²) in [5, 5.41) is 7.90. The molecule has 0 radical (unpaired) electrons. The number of hydrogen-bond donors (Lipinski definition) is 0. The van der Waals surface area contributed by atoms with Crippen LogP contribution < -0.4 is 4.31 Å². The van der Waals surface area contributed by atoms with E-state index in [0.29, 0.717) is 28.3 Å². The number of aryl methyl sites for hydroxylation is 1. The van der Waals surface area contributed by atoms with Crippen LogP contribution in [0.3, 0.4) is 0 Å². The molecule has 0 amide bonds. The maximum atomic E-state index is 13.7. The highest BCUT2D eigenvalue weighted by atomic mass is 32.2. The zero-order valence-corrected chi connectivity index (χ0v) is 15.8. The number of carbonyl (C=O) groups excluding carboxylic acids is 1. The molecule has 11 heteroatoms. The molecule has 0 fully saturated rings. The third kappa shape index (κ3) is 3.52. The molecule has 3 rings (SSSR count). The topological polar surface area (TPSA) is 93.9 Å². The highest BCUT2D eigenvalue weighted by Crippen LogP contribution is 2.26. The van der Waals surface area contributed by atoms with Crippen LogP contribution in [-0.2, 0) is 26.0 Å². The van der Waals surface area contributed by atoms with Gasteiger partial charge in [0, 0.05) is 18.7 Å². The maximum absolute atomic E-state index is 13.7. The van der Waals surface area contributed by atoms with Crippen molar-refractivity contribution >= 4 is 27.3 Å². The maximum Gasteiger partial charge on any atom is 0.326 e. The summed E-state index contributed by atoms with van der Waals surface area (Å²) < 4.78 is 60.1. The van der Waals surface area contributed by atoms with Gasteiger partial charge in [-0.05, 0) is 24.3 Å². The van der Waals surface area contributed by atoms with E-state index in [1.807, 2.05) is 6.92 Å². The van der Waals surface area contributed by atoms with Gasteiger partial charge in [0.15, 0.2) is 17.3 Å². The summed E-state index contributed by atoms with van der Waals surface area (Å²) in [5.41, 5.74) is 0.229. The van der Waals surface area contributed by atoms with Crippen LogP contribution in [-0.4, -0.2) is 42.6 Å². The molecule has 28 heavy (non-hydrogen) atoms. The Balaban J connectivity index is 2.14. The van der Waals surface area contributed by atoms with E-state index in [1.165, 1.54) is 22.7 Å². The number of fused-ring (bicyclic) bond motifs is 1. The van der Waals surface area contributed by atoms with Crippen LogP contribution >= 0.6 is 0 Å². The van der Waals surface area contributed by atoms with E-state index in [1.54, 1.807) is 0 Å². The van der Waals surface area contributed by atoms with Crippen molar-refractivity contribution in [3.8, 4) is 0 Å². The van der Waals surface area contributed by atoms with Crippen molar-refractivity contribution < 1.29 is 26.7 Å². The molecule has 0 aliphatic heterocycles. The fourth-order valence-electron chi connectivity index (χ4n) is 2.58. The van der Waals surface area contributed by atoms with Crippen LogP contribution in [0, 0.1) is 11.6 Å². The second-order valence-electron chi connectivity index (χ2n) is 5.75. The summed E-state index contributed by atoms with van der Waals surface area (Å²) in [4.78, 5) is 11.6. The fraction of sp³-hybridized carbons (Fsp3) is 0.235. The van der Waals surface area contributed by atoms with Crippen molar-refractivity contribution in [1.82, 2.24) is 14.6 Å². The van der Waals surface area contributed by atoms with Gasteiger partial charge in [0.1, 0.15) is 17.3 Å². The molecule has 0 saturated heterocycles. The molecule has 0 saturated carbocycles. The van der Waals surface area contributed by atoms with Gasteiger partial charge in [0.25, 0.3) is 10.0 Å². The van der Waals surface area contributed by atoms with E-state index >= 15 is 0 Å². The molecule has 2 aromatic heterocycles. The molecule has 0 aliphatic carbocycles. The number of pyridine rings is 1. The number of methoxy groups -OCH3 is 1. The number of benzene rings is 1. The third-order valence-corrected chi connectivity index (χ3v) is 5.80. The number of halogens is 2. The SMILES string of the molecule is CCc1nnc2ccc(S(=O)(=O)N(CC(=O)OC)c3ccc(F)c(F)c3)cn12. The zero-order chi connectivity index (χ0) is 20.5. The van der Waals surface area contributed by atoms with Crippen molar-refractivity contribution in [2.24, 2.45) is 0 Å². The van der Waals surface area contributed by atoms with Gasteiger partial charge in [-0.3, -0.25) is 13.5 Å². The standard InChI is InChI=1S/C17H16F2N4O4S/c1-3-15-20-21-16-7-5-12(9-22(15)16)28(25,26)23(10-17(24)27-2)11-4-6-13(18)14(19)8-11/h4-9H,3,10H2,1-2H3. The van der Waals surface area contributed by atoms with Gasteiger partial charge in [0.05, 0.1) is 12.8 Å². The van der Waals surface area contributed by atoms with Crippen molar-refractivity contribution in [2.45, 2.75) is 18.2 Å². The molecule has 0 unspecified atom stereocenters. The predicted octanol–water partition coefficient (Wildman–Crippen LogP) is 1.94. The fourth-order valence-corrected chi connectivity index (χ4v) is 3.98. The van der Waals surface area contributed by atoms with Gasteiger partial charge in [-0.2, -0.15) is 0 Å². The average Bonchev–Trinajstić information content (AvgIpc) is 3.10. The number of ether oxygens (including phenoxy) is 1. The summed E-state index contributed by atoms with van der Waals surface area (Å²) in [6.07, 6.45) is 1.83. The zero-order valence-electron chi connectivity index (χ0n) is 15.0. The Bertz CT molecular complexity index is 1150. The first-order chi connectivity index (χ1) is 13.3. The number of nitrogens with zero attached hydrogens (tertiary/aromatic N) is 4. The Labute approximate surface area is 159 Å². The summed E-state index contributed by atoms with van der Waals surface area (Å²) in [6.45, 7) is 1.12. The van der Waals surface area contributed by atoms with E-state index in [4.69, 9.17) is 0 Å². The molecule has 1 aromatic carbocycles. The molecule has 148 valence electrons. The lowest BCUT2D eigenvalue weighted by Crippen LogP contribution is -2.36. The van der Waals surface area contributed by atoms with Crippen LogP contribution in [0.5, 0.6) is 0 Å². The number of anilines is 1. The molecule has 0 spiro atoms. The number of esters is 1. The lowest BCUT2D eigenvalue weighted by atomic mass is 10.3. The summed E-state index contributed by atoms with van der Waals surface area (Å²) in [5.74, 6) is -2.71. The summed E-state index contributed by atoms with van der Waals surface area (Å²) in [7, 11) is -3.22. The van der Waals surface area contributed by atoms with E-state index in [2.05, 4.69) is 14.9 Å². The minimum Gasteiger partial charge on any atom is -0.468 e. The van der Waals surface area contributed by atoms with Gasteiger partial charge in [0.2, 0.25) is 0 Å². The van der Waals surface area contributed by atoms with Crippen molar-refractivity contribution in [3.05, 3.63) is 54.0 Å². The van der Waals surface area contributed by atoms with Gasteiger partial charge in [-0.15, -0.1) is 10.2 Å². The van der Waals surface area contributed by atoms with Crippen LogP contribution in [0.25, 0.3) is 5.65 Å². The smallest absolute Gasteiger partial charge is 0.326 e. The Morgan fingerprint density at radius 1 is 1.18 bits per heavy atom. The van der Waals surface area contributed by atoms with Crippen molar-refractivity contribution in [3.63, 3.8) is 0 Å². The predicted molar refractivity (Wildman–Crippen MR) is 95.3 cm³/mol.